The van der Waals surface area contributed by atoms with E-state index in [4.69, 9.17) is 0 Å². The molecule has 2 aliphatic rings. The topological polar surface area (TPSA) is 113 Å². The quantitative estimate of drug-likeness (QED) is 0.732. The Morgan fingerprint density at radius 1 is 1.14 bits per heavy atom. The molecule has 1 saturated carbocycles. The van der Waals surface area contributed by atoms with E-state index in [0.29, 0.717) is 22.3 Å². The fraction of sp³-hybridized carbons (Fsp3) is 0.421. The van der Waals surface area contributed by atoms with E-state index >= 15 is 0 Å². The number of fused-ring (bicyclic) bond motifs is 1. The van der Waals surface area contributed by atoms with Gasteiger partial charge in [-0.15, -0.1) is 10.2 Å². The van der Waals surface area contributed by atoms with Gasteiger partial charge in [0.05, 0.1) is 17.7 Å². The second-order valence-electron chi connectivity index (χ2n) is 7.09. The molecule has 9 heteroatoms. The third-order valence-electron chi connectivity index (χ3n) is 5.08. The SMILES string of the molecule is O=C(CC1NC(=O)c2ccccc2NC1=O)Nc1nnc(C2CCCCC2)s1. The van der Waals surface area contributed by atoms with Gasteiger partial charge in [0.1, 0.15) is 11.0 Å². The summed E-state index contributed by atoms with van der Waals surface area (Å²) in [6.45, 7) is 0. The first-order valence-corrected chi connectivity index (χ1v) is 10.3. The summed E-state index contributed by atoms with van der Waals surface area (Å²) in [5, 5.41) is 17.7. The van der Waals surface area contributed by atoms with Gasteiger partial charge in [-0.1, -0.05) is 42.7 Å². The van der Waals surface area contributed by atoms with Gasteiger partial charge in [0.15, 0.2) is 0 Å². The Labute approximate surface area is 166 Å². The predicted molar refractivity (Wildman–Crippen MR) is 105 cm³/mol. The second kappa shape index (κ2) is 8.05. The highest BCUT2D eigenvalue weighted by Gasteiger charge is 2.29. The molecule has 28 heavy (non-hydrogen) atoms. The maximum absolute atomic E-state index is 12.4. The van der Waals surface area contributed by atoms with Crippen molar-refractivity contribution < 1.29 is 14.4 Å². The molecule has 1 aromatic heterocycles. The fourth-order valence-corrected chi connectivity index (χ4v) is 4.54. The van der Waals surface area contributed by atoms with Crippen LogP contribution >= 0.6 is 11.3 Å². The molecule has 1 aromatic carbocycles. The van der Waals surface area contributed by atoms with Crippen LogP contribution in [0, 0.1) is 0 Å². The maximum atomic E-state index is 12.4. The molecule has 0 bridgehead atoms. The number of aromatic nitrogens is 2. The minimum atomic E-state index is -0.953. The molecule has 8 nitrogen and oxygen atoms in total. The molecule has 0 radical (unpaired) electrons. The first kappa shape index (κ1) is 18.5. The Kier molecular flexibility index (Phi) is 5.34. The van der Waals surface area contributed by atoms with Crippen LogP contribution in [0.1, 0.15) is 59.8 Å². The zero-order valence-electron chi connectivity index (χ0n) is 15.2. The number of carbonyl (C=O) groups is 3. The van der Waals surface area contributed by atoms with Crippen LogP contribution in [0.5, 0.6) is 0 Å². The lowest BCUT2D eigenvalue weighted by Crippen LogP contribution is -2.43. The smallest absolute Gasteiger partial charge is 0.254 e. The number of nitrogens with zero attached hydrogens (tertiary/aromatic N) is 2. The van der Waals surface area contributed by atoms with Crippen molar-refractivity contribution in [3.05, 3.63) is 34.8 Å². The molecule has 1 atom stereocenters. The van der Waals surface area contributed by atoms with Gasteiger partial charge >= 0.3 is 0 Å². The standard InChI is InChI=1S/C19H21N5O3S/c25-15(22-19-24-23-18(28-19)11-6-2-1-3-7-11)10-14-17(27)20-13-9-5-4-8-12(13)16(26)21-14/h4-5,8-9,11,14H,1-3,6-7,10H2,(H,20,27)(H,21,26)(H,22,24,25). The van der Waals surface area contributed by atoms with Crippen molar-refractivity contribution in [3.8, 4) is 0 Å². The Bertz CT molecular complexity index is 906. The molecular formula is C19H21N5O3S. The maximum Gasteiger partial charge on any atom is 0.254 e. The highest BCUT2D eigenvalue weighted by atomic mass is 32.1. The zero-order chi connectivity index (χ0) is 19.5. The summed E-state index contributed by atoms with van der Waals surface area (Å²) in [5.74, 6) is -0.782. The molecule has 2 aromatic rings. The Morgan fingerprint density at radius 3 is 2.75 bits per heavy atom. The molecule has 0 spiro atoms. The van der Waals surface area contributed by atoms with Crippen LogP contribution in [0.3, 0.4) is 0 Å². The minimum absolute atomic E-state index is 0.177. The van der Waals surface area contributed by atoms with E-state index in [1.807, 2.05) is 0 Å². The second-order valence-corrected chi connectivity index (χ2v) is 8.10. The Hall–Kier alpha value is -2.81. The summed E-state index contributed by atoms with van der Waals surface area (Å²) < 4.78 is 0. The molecule has 4 rings (SSSR count). The summed E-state index contributed by atoms with van der Waals surface area (Å²) in [5.41, 5.74) is 0.814. The van der Waals surface area contributed by atoms with Crippen molar-refractivity contribution in [1.82, 2.24) is 15.5 Å². The van der Waals surface area contributed by atoms with Gasteiger partial charge in [0.25, 0.3) is 5.91 Å². The molecule has 1 unspecified atom stereocenters. The van der Waals surface area contributed by atoms with Crippen LogP contribution in [0.2, 0.25) is 0 Å². The lowest BCUT2D eigenvalue weighted by molar-refractivity contribution is -0.122. The highest BCUT2D eigenvalue weighted by Crippen LogP contribution is 2.35. The first-order valence-electron chi connectivity index (χ1n) is 9.44. The van der Waals surface area contributed by atoms with Crippen LogP contribution < -0.4 is 16.0 Å². The molecule has 0 saturated heterocycles. The van der Waals surface area contributed by atoms with Gasteiger partial charge < -0.3 is 16.0 Å². The molecule has 3 N–H and O–H groups in total. The number of hydrogen-bond donors (Lipinski definition) is 3. The fourth-order valence-electron chi connectivity index (χ4n) is 3.61. The summed E-state index contributed by atoms with van der Waals surface area (Å²) in [6.07, 6.45) is 5.70. The van der Waals surface area contributed by atoms with Crippen molar-refractivity contribution in [2.24, 2.45) is 0 Å². The van der Waals surface area contributed by atoms with E-state index in [1.165, 1.54) is 30.6 Å². The van der Waals surface area contributed by atoms with Crippen LogP contribution in [0.15, 0.2) is 24.3 Å². The van der Waals surface area contributed by atoms with E-state index in [-0.39, 0.29) is 12.3 Å². The average Bonchev–Trinajstić information content (AvgIpc) is 3.12. The third-order valence-corrected chi connectivity index (χ3v) is 6.08. The van der Waals surface area contributed by atoms with Gasteiger partial charge in [-0.2, -0.15) is 0 Å². The lowest BCUT2D eigenvalue weighted by atomic mass is 9.90. The van der Waals surface area contributed by atoms with Crippen LogP contribution in [0.25, 0.3) is 0 Å². The van der Waals surface area contributed by atoms with Crippen molar-refractivity contribution >= 4 is 39.9 Å². The molecule has 1 aliphatic heterocycles. The zero-order valence-corrected chi connectivity index (χ0v) is 16.1. The van der Waals surface area contributed by atoms with Crippen molar-refractivity contribution in [2.75, 3.05) is 10.6 Å². The molecule has 146 valence electrons. The van der Waals surface area contributed by atoms with Gasteiger partial charge in [-0.05, 0) is 25.0 Å². The number of amides is 3. The van der Waals surface area contributed by atoms with Gasteiger partial charge in [0.2, 0.25) is 16.9 Å². The molecule has 1 aliphatic carbocycles. The summed E-state index contributed by atoms with van der Waals surface area (Å²) >= 11 is 1.38. The van der Waals surface area contributed by atoms with Crippen LogP contribution in [-0.2, 0) is 9.59 Å². The molecule has 1 fully saturated rings. The summed E-state index contributed by atoms with van der Waals surface area (Å²) in [6, 6.07) is 5.78. The first-order chi connectivity index (χ1) is 13.6. The van der Waals surface area contributed by atoms with Gasteiger partial charge in [0, 0.05) is 5.92 Å². The van der Waals surface area contributed by atoms with Crippen LogP contribution in [-0.4, -0.2) is 34.0 Å². The number of anilines is 2. The largest absolute Gasteiger partial charge is 0.340 e. The van der Waals surface area contributed by atoms with E-state index in [0.717, 1.165) is 17.8 Å². The van der Waals surface area contributed by atoms with Crippen molar-refractivity contribution in [3.63, 3.8) is 0 Å². The normalized spacial score (nSPS) is 19.9. The van der Waals surface area contributed by atoms with Gasteiger partial charge in [-0.3, -0.25) is 14.4 Å². The van der Waals surface area contributed by atoms with Gasteiger partial charge in [-0.25, -0.2) is 0 Å². The Balaban J connectivity index is 1.38. The minimum Gasteiger partial charge on any atom is -0.340 e. The molecule has 3 amide bonds. The molecule has 2 heterocycles. The number of nitrogens with one attached hydrogen (secondary N) is 3. The number of hydrogen-bond acceptors (Lipinski definition) is 6. The van der Waals surface area contributed by atoms with Crippen molar-refractivity contribution in [2.45, 2.75) is 50.5 Å². The number of carbonyl (C=O) groups excluding carboxylic acids is 3. The molecular weight excluding hydrogens is 378 g/mol. The number of benzene rings is 1. The number of rotatable bonds is 4. The Morgan fingerprint density at radius 2 is 1.93 bits per heavy atom. The van der Waals surface area contributed by atoms with Crippen LogP contribution in [0.4, 0.5) is 10.8 Å². The third kappa shape index (κ3) is 4.04. The average molecular weight is 399 g/mol. The number of para-hydroxylation sites is 1. The highest BCUT2D eigenvalue weighted by molar-refractivity contribution is 7.15. The van der Waals surface area contributed by atoms with Crippen molar-refractivity contribution in [1.29, 1.82) is 0 Å². The summed E-state index contributed by atoms with van der Waals surface area (Å²) in [7, 11) is 0. The van der Waals surface area contributed by atoms with E-state index in [9.17, 15) is 14.4 Å². The lowest BCUT2D eigenvalue weighted by Gasteiger charge is -2.18. The summed E-state index contributed by atoms with van der Waals surface area (Å²) in [4.78, 5) is 37.1. The monoisotopic (exact) mass is 399 g/mol. The predicted octanol–water partition coefficient (Wildman–Crippen LogP) is 2.67. The van der Waals surface area contributed by atoms with E-state index < -0.39 is 17.9 Å². The van der Waals surface area contributed by atoms with E-state index in [2.05, 4.69) is 26.1 Å². The van der Waals surface area contributed by atoms with E-state index in [1.54, 1.807) is 24.3 Å².